The van der Waals surface area contributed by atoms with Crippen molar-refractivity contribution in [2.24, 2.45) is 0 Å². The van der Waals surface area contributed by atoms with E-state index < -0.39 is 11.6 Å². The van der Waals surface area contributed by atoms with Crippen molar-refractivity contribution in [2.45, 2.75) is 0 Å². The first-order valence-electron chi connectivity index (χ1n) is 6.60. The van der Waals surface area contributed by atoms with Crippen LogP contribution in [0.2, 0.25) is 0 Å². The summed E-state index contributed by atoms with van der Waals surface area (Å²) in [7, 11) is 0. The summed E-state index contributed by atoms with van der Waals surface area (Å²) >= 11 is 1.31. The van der Waals surface area contributed by atoms with E-state index >= 15 is 0 Å². The van der Waals surface area contributed by atoms with Crippen molar-refractivity contribution in [1.82, 2.24) is 9.97 Å². The molecule has 0 aliphatic rings. The van der Waals surface area contributed by atoms with E-state index in [0.717, 1.165) is 23.4 Å². The van der Waals surface area contributed by atoms with Crippen LogP contribution >= 0.6 is 11.3 Å². The molecule has 23 heavy (non-hydrogen) atoms. The maximum absolute atomic E-state index is 13.3. The summed E-state index contributed by atoms with van der Waals surface area (Å²) in [4.78, 5) is 8.37. The molecule has 0 unspecified atom stereocenters. The fourth-order valence-electron chi connectivity index (χ4n) is 1.96. The van der Waals surface area contributed by atoms with Crippen molar-refractivity contribution in [1.29, 1.82) is 5.26 Å². The summed E-state index contributed by atoms with van der Waals surface area (Å²) < 4.78 is 26.2. The summed E-state index contributed by atoms with van der Waals surface area (Å²) in [5.41, 5.74) is 2.33. The Labute approximate surface area is 135 Å². The second-order valence-corrected chi connectivity index (χ2v) is 5.48. The smallest absolute Gasteiger partial charge is 0.159 e. The molecule has 3 aromatic rings. The van der Waals surface area contributed by atoms with Gasteiger partial charge in [-0.05, 0) is 35.9 Å². The third-order valence-corrected chi connectivity index (χ3v) is 3.96. The minimum absolute atomic E-state index is 0.293. The fraction of sp³-hybridized carbons (Fsp3) is 0. The molecular formula is C17H9F2N3S. The van der Waals surface area contributed by atoms with Gasteiger partial charge in [-0.15, -0.1) is 11.3 Å². The maximum Gasteiger partial charge on any atom is 0.159 e. The second kappa shape index (κ2) is 6.46. The molecule has 2 heterocycles. The summed E-state index contributed by atoms with van der Waals surface area (Å²) in [6, 6.07) is 9.18. The molecule has 3 nitrogen and oxygen atoms in total. The molecule has 0 radical (unpaired) electrons. The Balaban J connectivity index is 1.96. The second-order valence-electron chi connectivity index (χ2n) is 4.62. The fourth-order valence-corrected chi connectivity index (χ4v) is 2.76. The van der Waals surface area contributed by atoms with Crippen molar-refractivity contribution in [2.75, 3.05) is 0 Å². The zero-order chi connectivity index (χ0) is 16.2. The third kappa shape index (κ3) is 3.30. The number of hydrogen-bond acceptors (Lipinski definition) is 4. The van der Waals surface area contributed by atoms with E-state index in [4.69, 9.17) is 0 Å². The van der Waals surface area contributed by atoms with E-state index in [1.165, 1.54) is 23.5 Å². The SMILES string of the molecule is N#C/C(=C/c1ccc(F)c(F)c1)c1nc(-c2ccncc2)cs1. The largest absolute Gasteiger partial charge is 0.265 e. The molecule has 6 heteroatoms. The monoisotopic (exact) mass is 325 g/mol. The Morgan fingerprint density at radius 1 is 1.13 bits per heavy atom. The molecular weight excluding hydrogens is 316 g/mol. The molecule has 0 aliphatic carbocycles. The maximum atomic E-state index is 13.3. The van der Waals surface area contributed by atoms with Crippen LogP contribution in [0.3, 0.4) is 0 Å². The van der Waals surface area contributed by atoms with Crippen molar-refractivity contribution in [3.63, 3.8) is 0 Å². The molecule has 0 bridgehead atoms. The number of benzene rings is 1. The first-order valence-corrected chi connectivity index (χ1v) is 7.48. The van der Waals surface area contributed by atoms with Gasteiger partial charge in [0, 0.05) is 23.3 Å². The number of thiazole rings is 1. The van der Waals surface area contributed by atoms with Crippen molar-refractivity contribution in [3.8, 4) is 17.3 Å². The van der Waals surface area contributed by atoms with Gasteiger partial charge >= 0.3 is 0 Å². The standard InChI is InChI=1S/C17H9F2N3S/c18-14-2-1-11(8-15(14)19)7-13(9-20)17-22-16(10-23-17)12-3-5-21-6-4-12/h1-8,10H/b13-7-. The van der Waals surface area contributed by atoms with Gasteiger partial charge in [0.05, 0.1) is 11.3 Å². The zero-order valence-corrected chi connectivity index (χ0v) is 12.5. The number of nitrogens with zero attached hydrogens (tertiary/aromatic N) is 3. The van der Waals surface area contributed by atoms with Gasteiger partial charge in [-0.2, -0.15) is 5.26 Å². The predicted molar refractivity (Wildman–Crippen MR) is 85.2 cm³/mol. The number of rotatable bonds is 3. The van der Waals surface area contributed by atoms with Crippen molar-refractivity contribution in [3.05, 3.63) is 70.3 Å². The van der Waals surface area contributed by atoms with Crippen LogP contribution in [0.1, 0.15) is 10.6 Å². The highest BCUT2D eigenvalue weighted by atomic mass is 32.1. The lowest BCUT2D eigenvalue weighted by Gasteiger charge is -1.98. The molecule has 0 amide bonds. The van der Waals surface area contributed by atoms with E-state index in [9.17, 15) is 14.0 Å². The first kappa shape index (κ1) is 15.0. The lowest BCUT2D eigenvalue weighted by atomic mass is 10.1. The summed E-state index contributed by atoms with van der Waals surface area (Å²) in [5.74, 6) is -1.87. The van der Waals surface area contributed by atoms with Gasteiger partial charge < -0.3 is 0 Å². The molecule has 0 spiro atoms. The molecule has 2 aromatic heterocycles. The van der Waals surface area contributed by atoms with Crippen molar-refractivity contribution < 1.29 is 8.78 Å². The van der Waals surface area contributed by atoms with Crippen LogP contribution in [-0.4, -0.2) is 9.97 Å². The summed E-state index contributed by atoms with van der Waals surface area (Å²) in [5, 5.41) is 11.7. The molecule has 0 aliphatic heterocycles. The van der Waals surface area contributed by atoms with E-state index in [1.54, 1.807) is 12.4 Å². The van der Waals surface area contributed by atoms with Crippen LogP contribution in [0.25, 0.3) is 22.9 Å². The lowest BCUT2D eigenvalue weighted by molar-refractivity contribution is 0.508. The molecule has 1 aromatic carbocycles. The van der Waals surface area contributed by atoms with E-state index in [1.807, 2.05) is 23.6 Å². The summed E-state index contributed by atoms with van der Waals surface area (Å²) in [6.07, 6.45) is 4.81. The van der Waals surface area contributed by atoms with E-state index in [2.05, 4.69) is 9.97 Å². The Morgan fingerprint density at radius 2 is 1.91 bits per heavy atom. The number of aromatic nitrogens is 2. The minimum Gasteiger partial charge on any atom is -0.265 e. The number of pyridine rings is 1. The highest BCUT2D eigenvalue weighted by Crippen LogP contribution is 2.27. The van der Waals surface area contributed by atoms with Gasteiger partial charge in [0.15, 0.2) is 11.6 Å². The molecule has 0 fully saturated rings. The number of halogens is 2. The molecule has 0 atom stereocenters. The number of hydrogen-bond donors (Lipinski definition) is 0. The van der Waals surface area contributed by atoms with Crippen LogP contribution in [0.5, 0.6) is 0 Å². The topological polar surface area (TPSA) is 49.6 Å². The average molecular weight is 325 g/mol. The van der Waals surface area contributed by atoms with Gasteiger partial charge in [0.1, 0.15) is 11.1 Å². The molecule has 3 rings (SSSR count). The summed E-state index contributed by atoms with van der Waals surface area (Å²) in [6.45, 7) is 0. The van der Waals surface area contributed by atoms with Gasteiger partial charge in [-0.1, -0.05) is 6.07 Å². The Bertz CT molecular complexity index is 911. The third-order valence-electron chi connectivity index (χ3n) is 3.09. The highest BCUT2D eigenvalue weighted by molar-refractivity contribution is 7.11. The normalized spacial score (nSPS) is 11.3. The molecule has 112 valence electrons. The molecule has 0 saturated carbocycles. The average Bonchev–Trinajstić information content (AvgIpc) is 3.06. The molecule has 0 saturated heterocycles. The van der Waals surface area contributed by atoms with Gasteiger partial charge in [-0.25, -0.2) is 13.8 Å². The van der Waals surface area contributed by atoms with Gasteiger partial charge in [0.25, 0.3) is 0 Å². The van der Waals surface area contributed by atoms with Crippen LogP contribution in [0, 0.1) is 23.0 Å². The van der Waals surface area contributed by atoms with Gasteiger partial charge in [0.2, 0.25) is 0 Å². The Kier molecular flexibility index (Phi) is 4.22. The highest BCUT2D eigenvalue weighted by Gasteiger charge is 2.10. The first-order chi connectivity index (χ1) is 11.2. The predicted octanol–water partition coefficient (Wildman–Crippen LogP) is 4.55. The van der Waals surface area contributed by atoms with Crippen LogP contribution < -0.4 is 0 Å². The number of allylic oxidation sites excluding steroid dienone is 1. The van der Waals surface area contributed by atoms with Crippen LogP contribution in [0.4, 0.5) is 8.78 Å². The lowest BCUT2D eigenvalue weighted by Crippen LogP contribution is -1.86. The van der Waals surface area contributed by atoms with Crippen molar-refractivity contribution >= 4 is 23.0 Å². The molecule has 0 N–H and O–H groups in total. The van der Waals surface area contributed by atoms with E-state index in [-0.39, 0.29) is 0 Å². The van der Waals surface area contributed by atoms with Crippen LogP contribution in [0.15, 0.2) is 48.1 Å². The van der Waals surface area contributed by atoms with Crippen LogP contribution in [-0.2, 0) is 0 Å². The zero-order valence-electron chi connectivity index (χ0n) is 11.7. The van der Waals surface area contributed by atoms with Gasteiger partial charge in [-0.3, -0.25) is 4.98 Å². The quantitative estimate of drug-likeness (QED) is 0.664. The van der Waals surface area contributed by atoms with E-state index in [0.29, 0.717) is 16.1 Å². The Morgan fingerprint density at radius 3 is 2.61 bits per heavy atom. The number of nitriles is 1. The minimum atomic E-state index is -0.951. The Hall–Kier alpha value is -2.91.